The highest BCUT2D eigenvalue weighted by molar-refractivity contribution is 7.10. The van der Waals surface area contributed by atoms with Gasteiger partial charge in [0.2, 0.25) is 0 Å². The van der Waals surface area contributed by atoms with Crippen molar-refractivity contribution >= 4 is 11.3 Å². The van der Waals surface area contributed by atoms with Crippen molar-refractivity contribution in [3.05, 3.63) is 52.0 Å². The summed E-state index contributed by atoms with van der Waals surface area (Å²) in [6, 6.07) is 7.28. The van der Waals surface area contributed by atoms with Crippen molar-refractivity contribution in [3.63, 3.8) is 0 Å². The van der Waals surface area contributed by atoms with Crippen molar-refractivity contribution in [1.29, 1.82) is 0 Å². The third-order valence-corrected chi connectivity index (χ3v) is 6.32. The fourth-order valence-corrected chi connectivity index (χ4v) is 5.04. The molecule has 4 rings (SSSR count). The van der Waals surface area contributed by atoms with Crippen LogP contribution < -0.4 is 0 Å². The van der Waals surface area contributed by atoms with E-state index in [9.17, 15) is 0 Å². The summed E-state index contributed by atoms with van der Waals surface area (Å²) in [5, 5.41) is 2.37. The van der Waals surface area contributed by atoms with E-state index < -0.39 is 0 Å². The number of rotatable bonds is 5. The van der Waals surface area contributed by atoms with Crippen LogP contribution in [0.2, 0.25) is 0 Å². The first-order valence-corrected chi connectivity index (χ1v) is 10.2. The molecule has 24 heavy (non-hydrogen) atoms. The van der Waals surface area contributed by atoms with E-state index in [1.165, 1.54) is 67.7 Å². The van der Waals surface area contributed by atoms with Gasteiger partial charge >= 0.3 is 0 Å². The van der Waals surface area contributed by atoms with Crippen LogP contribution in [0, 0.1) is 0 Å². The first kappa shape index (κ1) is 16.2. The molecule has 2 fully saturated rings. The van der Waals surface area contributed by atoms with Crippen molar-refractivity contribution in [2.75, 3.05) is 19.6 Å². The van der Waals surface area contributed by atoms with Crippen LogP contribution in [0.3, 0.4) is 0 Å². The lowest BCUT2D eigenvalue weighted by molar-refractivity contribution is 0.221. The van der Waals surface area contributed by atoms with Crippen LogP contribution in [0.25, 0.3) is 0 Å². The number of likely N-dealkylation sites (tertiary alicyclic amines) is 2. The van der Waals surface area contributed by atoms with Gasteiger partial charge in [-0.3, -0.25) is 14.8 Å². The molecule has 3 nitrogen and oxygen atoms in total. The van der Waals surface area contributed by atoms with Crippen molar-refractivity contribution in [2.24, 2.45) is 0 Å². The minimum absolute atomic E-state index is 0.548. The fraction of sp³-hybridized carbons (Fsp3) is 0.550. The largest absolute Gasteiger partial charge is 0.299 e. The molecule has 0 aliphatic carbocycles. The second-order valence-electron chi connectivity index (χ2n) is 7.17. The molecule has 2 aliphatic rings. The zero-order chi connectivity index (χ0) is 16.2. The summed E-state index contributed by atoms with van der Waals surface area (Å²) < 4.78 is 0. The summed E-state index contributed by atoms with van der Waals surface area (Å²) >= 11 is 1.94. The van der Waals surface area contributed by atoms with Crippen LogP contribution >= 0.6 is 11.3 Å². The topological polar surface area (TPSA) is 19.4 Å². The molecule has 2 saturated heterocycles. The van der Waals surface area contributed by atoms with Gasteiger partial charge < -0.3 is 0 Å². The quantitative estimate of drug-likeness (QED) is 0.800. The van der Waals surface area contributed by atoms with E-state index in [0.29, 0.717) is 6.04 Å². The van der Waals surface area contributed by atoms with Gasteiger partial charge in [-0.1, -0.05) is 12.5 Å². The number of piperidine rings is 1. The molecule has 0 spiro atoms. The SMILES string of the molecule is c1cncc(C2CCCN2Cc2cc(CN3CCCCC3)cs2)c1. The summed E-state index contributed by atoms with van der Waals surface area (Å²) in [6.45, 7) is 5.99. The summed E-state index contributed by atoms with van der Waals surface area (Å²) in [5.41, 5.74) is 2.88. The average molecular weight is 342 g/mol. The number of nitrogens with zero attached hydrogens (tertiary/aromatic N) is 3. The highest BCUT2D eigenvalue weighted by atomic mass is 32.1. The van der Waals surface area contributed by atoms with Gasteiger partial charge in [0.15, 0.2) is 0 Å². The normalized spacial score (nSPS) is 22.9. The first-order chi connectivity index (χ1) is 11.9. The van der Waals surface area contributed by atoms with Gasteiger partial charge in [-0.05, 0) is 74.0 Å². The van der Waals surface area contributed by atoms with Gasteiger partial charge in [0, 0.05) is 36.4 Å². The van der Waals surface area contributed by atoms with Gasteiger partial charge in [-0.2, -0.15) is 0 Å². The summed E-state index contributed by atoms with van der Waals surface area (Å²) in [7, 11) is 0. The van der Waals surface area contributed by atoms with E-state index in [1.807, 2.05) is 23.7 Å². The molecule has 0 saturated carbocycles. The standard InChI is InChI=1S/C20H27N3S/c1-2-9-22(10-3-1)14-17-12-19(24-16-17)15-23-11-5-7-20(23)18-6-4-8-21-13-18/h4,6,8,12-13,16,20H,1-3,5,7,9-11,14-15H2. The zero-order valence-electron chi connectivity index (χ0n) is 14.4. The fourth-order valence-electron chi connectivity index (χ4n) is 4.13. The van der Waals surface area contributed by atoms with E-state index >= 15 is 0 Å². The Bertz CT molecular complexity index is 633. The minimum atomic E-state index is 0.548. The van der Waals surface area contributed by atoms with Gasteiger partial charge in [-0.25, -0.2) is 0 Å². The van der Waals surface area contributed by atoms with Crippen LogP contribution in [-0.2, 0) is 13.1 Å². The van der Waals surface area contributed by atoms with Crippen molar-refractivity contribution in [2.45, 2.75) is 51.2 Å². The number of thiophene rings is 1. The molecule has 1 atom stereocenters. The number of aromatic nitrogens is 1. The Kier molecular flexibility index (Phi) is 5.26. The molecule has 2 aliphatic heterocycles. The van der Waals surface area contributed by atoms with Crippen molar-refractivity contribution < 1.29 is 0 Å². The Morgan fingerprint density at radius 1 is 1.08 bits per heavy atom. The highest BCUT2D eigenvalue weighted by Gasteiger charge is 2.26. The Morgan fingerprint density at radius 2 is 2.00 bits per heavy atom. The number of hydrogen-bond donors (Lipinski definition) is 0. The lowest BCUT2D eigenvalue weighted by Gasteiger charge is -2.26. The van der Waals surface area contributed by atoms with Gasteiger partial charge in [-0.15, -0.1) is 11.3 Å². The smallest absolute Gasteiger partial charge is 0.0367 e. The van der Waals surface area contributed by atoms with Gasteiger partial charge in [0.05, 0.1) is 0 Å². The average Bonchev–Trinajstić information content (AvgIpc) is 3.27. The van der Waals surface area contributed by atoms with Gasteiger partial charge in [0.1, 0.15) is 0 Å². The molecule has 0 radical (unpaired) electrons. The molecule has 2 aromatic rings. The van der Waals surface area contributed by atoms with E-state index in [-0.39, 0.29) is 0 Å². The Hall–Kier alpha value is -1.23. The Morgan fingerprint density at radius 3 is 2.83 bits per heavy atom. The maximum Gasteiger partial charge on any atom is 0.0367 e. The zero-order valence-corrected chi connectivity index (χ0v) is 15.2. The molecule has 0 bridgehead atoms. The van der Waals surface area contributed by atoms with Crippen LogP contribution in [-0.4, -0.2) is 34.4 Å². The van der Waals surface area contributed by atoms with E-state index in [0.717, 1.165) is 13.1 Å². The first-order valence-electron chi connectivity index (χ1n) is 9.31. The Balaban J connectivity index is 1.38. The minimum Gasteiger partial charge on any atom is -0.299 e. The molecule has 2 aromatic heterocycles. The summed E-state index contributed by atoms with van der Waals surface area (Å²) in [5.74, 6) is 0. The maximum atomic E-state index is 4.31. The number of hydrogen-bond acceptors (Lipinski definition) is 4. The Labute approximate surface area is 149 Å². The molecule has 4 heteroatoms. The highest BCUT2D eigenvalue weighted by Crippen LogP contribution is 2.33. The second-order valence-corrected chi connectivity index (χ2v) is 8.17. The summed E-state index contributed by atoms with van der Waals surface area (Å²) in [6.07, 6.45) is 10.6. The van der Waals surface area contributed by atoms with Crippen LogP contribution in [0.4, 0.5) is 0 Å². The second kappa shape index (κ2) is 7.77. The van der Waals surface area contributed by atoms with E-state index in [1.54, 1.807) is 0 Å². The molecule has 0 aromatic carbocycles. The van der Waals surface area contributed by atoms with Crippen LogP contribution in [0.1, 0.15) is 54.1 Å². The molecule has 4 heterocycles. The molecule has 0 amide bonds. The summed E-state index contributed by atoms with van der Waals surface area (Å²) in [4.78, 5) is 11.1. The predicted octanol–water partition coefficient (Wildman–Crippen LogP) is 4.47. The van der Waals surface area contributed by atoms with E-state index in [4.69, 9.17) is 0 Å². The van der Waals surface area contributed by atoms with Crippen LogP contribution in [0.5, 0.6) is 0 Å². The lowest BCUT2D eigenvalue weighted by atomic mass is 10.1. The predicted molar refractivity (Wildman–Crippen MR) is 100 cm³/mol. The molecular formula is C20H27N3S. The molecule has 0 N–H and O–H groups in total. The van der Waals surface area contributed by atoms with Crippen molar-refractivity contribution in [1.82, 2.24) is 14.8 Å². The van der Waals surface area contributed by atoms with Crippen LogP contribution in [0.15, 0.2) is 36.0 Å². The van der Waals surface area contributed by atoms with Gasteiger partial charge in [0.25, 0.3) is 0 Å². The monoisotopic (exact) mass is 341 g/mol. The molecule has 1 unspecified atom stereocenters. The third kappa shape index (κ3) is 3.88. The third-order valence-electron chi connectivity index (χ3n) is 5.35. The van der Waals surface area contributed by atoms with E-state index in [2.05, 4.69) is 38.4 Å². The van der Waals surface area contributed by atoms with Crippen molar-refractivity contribution in [3.8, 4) is 0 Å². The molecular weight excluding hydrogens is 314 g/mol. The molecule has 128 valence electrons. The number of pyridine rings is 1. The lowest BCUT2D eigenvalue weighted by Crippen LogP contribution is -2.28. The maximum absolute atomic E-state index is 4.31.